The molecule has 0 amide bonds. The van der Waals surface area contributed by atoms with E-state index < -0.39 is 0 Å². The second-order valence-corrected chi connectivity index (χ2v) is 2.75. The van der Waals surface area contributed by atoms with E-state index in [1.54, 1.807) is 19.8 Å². The van der Waals surface area contributed by atoms with Crippen molar-refractivity contribution in [3.8, 4) is 0 Å². The van der Waals surface area contributed by atoms with E-state index >= 15 is 0 Å². The SMILES string of the molecule is COCCNCCCn1cncn1. The smallest absolute Gasteiger partial charge is 0.137 e. The molecular weight excluding hydrogens is 168 g/mol. The second kappa shape index (κ2) is 6.56. The molecule has 5 nitrogen and oxygen atoms in total. The van der Waals surface area contributed by atoms with Crippen molar-refractivity contribution in [2.45, 2.75) is 13.0 Å². The molecule has 1 N–H and O–H groups in total. The Morgan fingerprint density at radius 3 is 3.08 bits per heavy atom. The molecule has 1 heterocycles. The van der Waals surface area contributed by atoms with Gasteiger partial charge < -0.3 is 10.1 Å². The number of nitrogens with zero attached hydrogens (tertiary/aromatic N) is 3. The lowest BCUT2D eigenvalue weighted by Crippen LogP contribution is -2.21. The Morgan fingerprint density at radius 1 is 1.46 bits per heavy atom. The summed E-state index contributed by atoms with van der Waals surface area (Å²) >= 11 is 0. The summed E-state index contributed by atoms with van der Waals surface area (Å²) in [6, 6.07) is 0. The van der Waals surface area contributed by atoms with Gasteiger partial charge in [-0.3, -0.25) is 4.68 Å². The van der Waals surface area contributed by atoms with E-state index in [9.17, 15) is 0 Å². The van der Waals surface area contributed by atoms with Crippen LogP contribution in [0.1, 0.15) is 6.42 Å². The molecule has 0 saturated heterocycles. The van der Waals surface area contributed by atoms with Crippen LogP contribution in [0.3, 0.4) is 0 Å². The molecule has 13 heavy (non-hydrogen) atoms. The Hall–Kier alpha value is -0.940. The van der Waals surface area contributed by atoms with Crippen molar-refractivity contribution in [2.75, 3.05) is 26.8 Å². The zero-order valence-electron chi connectivity index (χ0n) is 7.94. The van der Waals surface area contributed by atoms with E-state index in [1.807, 2.05) is 4.68 Å². The number of aromatic nitrogens is 3. The lowest BCUT2D eigenvalue weighted by atomic mass is 10.4. The Balaban J connectivity index is 1.90. The largest absolute Gasteiger partial charge is 0.383 e. The third-order valence-corrected chi connectivity index (χ3v) is 1.69. The van der Waals surface area contributed by atoms with Crippen molar-refractivity contribution < 1.29 is 4.74 Å². The maximum atomic E-state index is 4.90. The molecule has 0 radical (unpaired) electrons. The van der Waals surface area contributed by atoms with Crippen molar-refractivity contribution in [3.05, 3.63) is 12.7 Å². The van der Waals surface area contributed by atoms with Gasteiger partial charge in [0.25, 0.3) is 0 Å². The fourth-order valence-corrected chi connectivity index (χ4v) is 1.01. The average Bonchev–Trinajstić information content (AvgIpc) is 2.63. The third kappa shape index (κ3) is 4.59. The Morgan fingerprint density at radius 2 is 2.38 bits per heavy atom. The summed E-state index contributed by atoms with van der Waals surface area (Å²) in [5, 5.41) is 7.27. The molecule has 0 spiro atoms. The van der Waals surface area contributed by atoms with E-state index in [-0.39, 0.29) is 0 Å². The molecule has 0 aliphatic heterocycles. The van der Waals surface area contributed by atoms with Gasteiger partial charge in [-0.15, -0.1) is 0 Å². The van der Waals surface area contributed by atoms with Crippen LogP contribution in [0.2, 0.25) is 0 Å². The van der Waals surface area contributed by atoms with Crippen LogP contribution < -0.4 is 5.32 Å². The highest BCUT2D eigenvalue weighted by molar-refractivity contribution is 4.56. The summed E-state index contributed by atoms with van der Waals surface area (Å²) < 4.78 is 6.74. The van der Waals surface area contributed by atoms with Crippen molar-refractivity contribution in [3.63, 3.8) is 0 Å². The number of nitrogens with one attached hydrogen (secondary N) is 1. The van der Waals surface area contributed by atoms with Crippen LogP contribution in [-0.2, 0) is 11.3 Å². The van der Waals surface area contributed by atoms with Crippen molar-refractivity contribution in [1.82, 2.24) is 20.1 Å². The molecule has 1 rings (SSSR count). The van der Waals surface area contributed by atoms with E-state index in [4.69, 9.17) is 4.74 Å². The summed E-state index contributed by atoms with van der Waals surface area (Å²) in [6.07, 6.45) is 4.35. The predicted molar refractivity (Wildman–Crippen MR) is 49.4 cm³/mol. The highest BCUT2D eigenvalue weighted by Crippen LogP contribution is 1.84. The van der Waals surface area contributed by atoms with Gasteiger partial charge in [0.05, 0.1) is 6.61 Å². The molecule has 0 saturated carbocycles. The third-order valence-electron chi connectivity index (χ3n) is 1.69. The maximum Gasteiger partial charge on any atom is 0.137 e. The van der Waals surface area contributed by atoms with Gasteiger partial charge in [-0.2, -0.15) is 5.10 Å². The predicted octanol–water partition coefficient (Wildman–Crippen LogP) is -0.0958. The quantitative estimate of drug-likeness (QED) is 0.601. The standard InChI is InChI=1S/C8H16N4O/c1-13-6-4-9-3-2-5-12-8-10-7-11-12/h7-9H,2-6H2,1H3. The lowest BCUT2D eigenvalue weighted by molar-refractivity contribution is 0.199. The van der Waals surface area contributed by atoms with Crippen molar-refractivity contribution in [1.29, 1.82) is 0 Å². The fourth-order valence-electron chi connectivity index (χ4n) is 1.01. The van der Waals surface area contributed by atoms with E-state index in [1.165, 1.54) is 0 Å². The van der Waals surface area contributed by atoms with Crippen LogP contribution in [-0.4, -0.2) is 41.6 Å². The first-order valence-corrected chi connectivity index (χ1v) is 4.45. The number of ether oxygens (including phenoxy) is 1. The number of methoxy groups -OCH3 is 1. The Kier molecular flexibility index (Phi) is 5.12. The first kappa shape index (κ1) is 10.1. The number of aryl methyl sites for hydroxylation is 1. The van der Waals surface area contributed by atoms with E-state index in [2.05, 4.69) is 15.4 Å². The van der Waals surface area contributed by atoms with Gasteiger partial charge in [-0.25, -0.2) is 4.98 Å². The van der Waals surface area contributed by atoms with Crippen LogP contribution in [0.5, 0.6) is 0 Å². The summed E-state index contributed by atoms with van der Waals surface area (Å²) in [4.78, 5) is 3.86. The van der Waals surface area contributed by atoms with Gasteiger partial charge >= 0.3 is 0 Å². The molecule has 1 aromatic heterocycles. The highest BCUT2D eigenvalue weighted by Gasteiger charge is 1.90. The maximum absolute atomic E-state index is 4.90. The first-order valence-electron chi connectivity index (χ1n) is 4.45. The molecule has 0 unspecified atom stereocenters. The molecule has 0 fully saturated rings. The summed E-state index contributed by atoms with van der Waals surface area (Å²) in [5.41, 5.74) is 0. The molecule has 0 aromatic carbocycles. The fraction of sp³-hybridized carbons (Fsp3) is 0.750. The topological polar surface area (TPSA) is 52.0 Å². The molecule has 5 heteroatoms. The van der Waals surface area contributed by atoms with Gasteiger partial charge in [0.2, 0.25) is 0 Å². The van der Waals surface area contributed by atoms with E-state index in [0.29, 0.717) is 0 Å². The monoisotopic (exact) mass is 184 g/mol. The summed E-state index contributed by atoms with van der Waals surface area (Å²) in [7, 11) is 1.71. The molecule has 0 aliphatic rings. The van der Waals surface area contributed by atoms with Crippen molar-refractivity contribution in [2.24, 2.45) is 0 Å². The average molecular weight is 184 g/mol. The van der Waals surface area contributed by atoms with Gasteiger partial charge in [-0.05, 0) is 13.0 Å². The summed E-state index contributed by atoms with van der Waals surface area (Å²) in [6.45, 7) is 3.58. The van der Waals surface area contributed by atoms with E-state index in [0.717, 1.165) is 32.7 Å². The van der Waals surface area contributed by atoms with Crippen molar-refractivity contribution >= 4 is 0 Å². The zero-order valence-corrected chi connectivity index (χ0v) is 7.94. The van der Waals surface area contributed by atoms with Crippen LogP contribution in [0.4, 0.5) is 0 Å². The van der Waals surface area contributed by atoms with Gasteiger partial charge in [0.15, 0.2) is 0 Å². The molecule has 1 aromatic rings. The Labute approximate surface area is 78.1 Å². The molecule has 74 valence electrons. The van der Waals surface area contributed by atoms with Gasteiger partial charge in [0.1, 0.15) is 12.7 Å². The summed E-state index contributed by atoms with van der Waals surface area (Å²) in [5.74, 6) is 0. The van der Waals surface area contributed by atoms with Crippen LogP contribution in [0.25, 0.3) is 0 Å². The minimum absolute atomic E-state index is 0.767. The molecule has 0 atom stereocenters. The van der Waals surface area contributed by atoms with Gasteiger partial charge in [0, 0.05) is 20.2 Å². The van der Waals surface area contributed by atoms with Crippen LogP contribution in [0, 0.1) is 0 Å². The molecule has 0 bridgehead atoms. The lowest BCUT2D eigenvalue weighted by Gasteiger charge is -2.03. The second-order valence-electron chi connectivity index (χ2n) is 2.75. The van der Waals surface area contributed by atoms with Gasteiger partial charge in [-0.1, -0.05) is 0 Å². The van der Waals surface area contributed by atoms with Crippen LogP contribution in [0.15, 0.2) is 12.7 Å². The molecular formula is C8H16N4O. The Bertz CT molecular complexity index is 200. The molecule has 0 aliphatic carbocycles. The minimum Gasteiger partial charge on any atom is -0.383 e. The number of hydrogen-bond donors (Lipinski definition) is 1. The number of hydrogen-bond acceptors (Lipinski definition) is 4. The highest BCUT2D eigenvalue weighted by atomic mass is 16.5. The van der Waals surface area contributed by atoms with Crippen LogP contribution >= 0.6 is 0 Å². The zero-order chi connectivity index (χ0) is 9.36. The normalized spacial score (nSPS) is 10.5. The first-order chi connectivity index (χ1) is 6.43. The number of rotatable bonds is 7. The minimum atomic E-state index is 0.767.